The van der Waals surface area contributed by atoms with E-state index < -0.39 is 0 Å². The fourth-order valence-electron chi connectivity index (χ4n) is 5.14. The largest absolute Gasteiger partial charge is 0.472 e. The van der Waals surface area contributed by atoms with E-state index in [4.69, 9.17) is 11.0 Å². The Morgan fingerprint density at radius 2 is 2.12 bits per heavy atom. The Morgan fingerprint density at radius 1 is 1.26 bits per heavy atom. The number of hydrogen-bond acceptors (Lipinski definition) is 3. The van der Waals surface area contributed by atoms with Gasteiger partial charge in [-0.05, 0) is 62.9 Å². The highest BCUT2D eigenvalue weighted by Gasteiger charge is 2.30. The molecule has 0 saturated heterocycles. The van der Waals surface area contributed by atoms with Crippen molar-refractivity contribution in [1.82, 2.24) is 15.2 Å². The third kappa shape index (κ3) is 4.17. The number of para-hydroxylation sites is 1. The molecule has 1 fully saturated rings. The average molecular weight is 459 g/mol. The quantitative estimate of drug-likeness (QED) is 0.340. The monoisotopic (exact) mass is 458 g/mol. The van der Waals surface area contributed by atoms with Crippen molar-refractivity contribution in [2.24, 2.45) is 0 Å². The fourth-order valence-corrected chi connectivity index (χ4v) is 5.14. The van der Waals surface area contributed by atoms with Gasteiger partial charge in [0.25, 0.3) is 5.91 Å². The van der Waals surface area contributed by atoms with E-state index in [9.17, 15) is 9.18 Å². The van der Waals surface area contributed by atoms with Gasteiger partial charge in [-0.2, -0.15) is 0 Å². The number of aromatic amines is 1. The first-order chi connectivity index (χ1) is 16.6. The summed E-state index contributed by atoms with van der Waals surface area (Å²) in [6.07, 6.45) is 3.81. The first kappa shape index (κ1) is 22.2. The van der Waals surface area contributed by atoms with Gasteiger partial charge in [0.2, 0.25) is 5.69 Å². The van der Waals surface area contributed by atoms with Crippen molar-refractivity contribution in [1.29, 1.82) is 0 Å². The lowest BCUT2D eigenvalue weighted by Gasteiger charge is -2.37. The van der Waals surface area contributed by atoms with E-state index in [-0.39, 0.29) is 23.8 Å². The highest BCUT2D eigenvalue weighted by atomic mass is 19.1. The van der Waals surface area contributed by atoms with Crippen LogP contribution in [0.5, 0.6) is 0 Å². The van der Waals surface area contributed by atoms with Crippen molar-refractivity contribution in [3.63, 3.8) is 0 Å². The molecule has 2 atom stereocenters. The van der Waals surface area contributed by atoms with Crippen LogP contribution < -0.4 is 5.32 Å². The van der Waals surface area contributed by atoms with Crippen LogP contribution in [0.15, 0.2) is 52.9 Å². The molecule has 7 heteroatoms. The van der Waals surface area contributed by atoms with Gasteiger partial charge in [0, 0.05) is 41.5 Å². The number of aromatic nitrogens is 1. The molecule has 2 aromatic heterocycles. The number of benzene rings is 2. The third-order valence-corrected chi connectivity index (χ3v) is 6.80. The van der Waals surface area contributed by atoms with Crippen LogP contribution in [-0.4, -0.2) is 34.4 Å². The summed E-state index contributed by atoms with van der Waals surface area (Å²) in [4.78, 5) is 22.1. The van der Waals surface area contributed by atoms with Gasteiger partial charge >= 0.3 is 0 Å². The van der Waals surface area contributed by atoms with E-state index in [1.807, 2.05) is 36.1 Å². The van der Waals surface area contributed by atoms with Gasteiger partial charge in [-0.1, -0.05) is 18.2 Å². The molecule has 0 spiro atoms. The Morgan fingerprint density at radius 3 is 2.94 bits per heavy atom. The molecule has 2 aromatic carbocycles. The maximum atomic E-state index is 13.6. The zero-order chi connectivity index (χ0) is 23.7. The lowest BCUT2D eigenvalue weighted by Crippen LogP contribution is -2.46. The van der Waals surface area contributed by atoms with E-state index in [1.165, 1.54) is 12.1 Å². The van der Waals surface area contributed by atoms with Crippen LogP contribution in [0, 0.1) is 12.4 Å². The lowest BCUT2D eigenvalue weighted by atomic mass is 9.89. The molecule has 2 heterocycles. The molecule has 0 radical (unpaired) electrons. The molecule has 0 bridgehead atoms. The van der Waals surface area contributed by atoms with E-state index in [2.05, 4.69) is 15.1 Å². The van der Waals surface area contributed by atoms with Crippen LogP contribution in [0.1, 0.15) is 48.9 Å². The maximum Gasteiger partial charge on any atom is 0.270 e. The number of furan rings is 1. The van der Waals surface area contributed by atoms with E-state index in [1.54, 1.807) is 12.1 Å². The maximum absolute atomic E-state index is 13.6. The Labute approximate surface area is 197 Å². The highest BCUT2D eigenvalue weighted by molar-refractivity contribution is 5.98. The molecule has 1 saturated carbocycles. The molecular formula is C27H27FN4O2. The predicted octanol–water partition coefficient (Wildman–Crippen LogP) is 6.17. The van der Waals surface area contributed by atoms with Crippen LogP contribution in [-0.2, 0) is 6.54 Å². The topological polar surface area (TPSA) is 65.6 Å². The summed E-state index contributed by atoms with van der Waals surface area (Å²) in [5, 5.41) is 5.11. The van der Waals surface area contributed by atoms with Gasteiger partial charge in [0.05, 0.1) is 6.57 Å². The standard InChI is InChI=1S/C27H27FN4O2/c1-3-32(27(33)23-14-17-13-18(28)11-12-22(17)31-23)20-8-6-7-19(15-20)30-16-25-26(29-2)21-9-4-5-10-24(21)34-25/h4-5,9-14,19-20,30-31H,3,6-8,15-16H2,1H3/t19-,20+/m1/s1. The summed E-state index contributed by atoms with van der Waals surface area (Å²) >= 11 is 0. The Bertz CT molecular complexity index is 1380. The number of amides is 1. The van der Waals surface area contributed by atoms with E-state index >= 15 is 0 Å². The molecule has 6 nitrogen and oxygen atoms in total. The average Bonchev–Trinajstić information content (AvgIpc) is 3.44. The molecule has 4 aromatic rings. The van der Waals surface area contributed by atoms with Crippen molar-refractivity contribution in [3.05, 3.63) is 77.2 Å². The number of hydrogen-bond donors (Lipinski definition) is 2. The van der Waals surface area contributed by atoms with Gasteiger partial charge in [-0.3, -0.25) is 4.79 Å². The zero-order valence-electron chi connectivity index (χ0n) is 19.1. The number of halogens is 1. The molecule has 1 amide bonds. The van der Waals surface area contributed by atoms with E-state index in [0.717, 1.165) is 42.2 Å². The Hall–Kier alpha value is -3.63. The smallest absolute Gasteiger partial charge is 0.270 e. The minimum atomic E-state index is -0.315. The molecular weight excluding hydrogens is 431 g/mol. The summed E-state index contributed by atoms with van der Waals surface area (Å²) in [5.74, 6) is 0.286. The van der Waals surface area contributed by atoms with Gasteiger partial charge < -0.3 is 19.6 Å². The Kier molecular flexibility index (Phi) is 6.08. The molecule has 34 heavy (non-hydrogen) atoms. The van der Waals surface area contributed by atoms with E-state index in [0.29, 0.717) is 35.6 Å². The summed E-state index contributed by atoms with van der Waals surface area (Å²) < 4.78 is 19.5. The van der Waals surface area contributed by atoms with Crippen LogP contribution in [0.2, 0.25) is 0 Å². The van der Waals surface area contributed by atoms with Crippen molar-refractivity contribution in [2.75, 3.05) is 6.54 Å². The zero-order valence-corrected chi connectivity index (χ0v) is 19.1. The van der Waals surface area contributed by atoms with Crippen molar-refractivity contribution in [2.45, 2.75) is 51.2 Å². The fraction of sp³-hybridized carbons (Fsp3) is 0.333. The SMILES string of the molecule is [C-]#[N+]c1c(CN[C@@H]2CCC[C@H](N(CC)C(=O)c3cc4cc(F)ccc4[nH]3)C2)oc2ccccc12. The second kappa shape index (κ2) is 9.32. The number of carbonyl (C=O) groups excluding carboxylic acids is 1. The van der Waals surface area contributed by atoms with Crippen LogP contribution in [0.4, 0.5) is 10.1 Å². The summed E-state index contributed by atoms with van der Waals surface area (Å²) in [6.45, 7) is 10.6. The summed E-state index contributed by atoms with van der Waals surface area (Å²) in [7, 11) is 0. The normalized spacial score (nSPS) is 18.3. The molecule has 1 aliphatic rings. The predicted molar refractivity (Wildman–Crippen MR) is 130 cm³/mol. The molecule has 0 unspecified atom stereocenters. The van der Waals surface area contributed by atoms with Crippen LogP contribution >= 0.6 is 0 Å². The molecule has 0 aliphatic heterocycles. The lowest BCUT2D eigenvalue weighted by molar-refractivity contribution is 0.0622. The third-order valence-electron chi connectivity index (χ3n) is 6.80. The van der Waals surface area contributed by atoms with Crippen molar-refractivity contribution >= 4 is 33.5 Å². The highest BCUT2D eigenvalue weighted by Crippen LogP contribution is 2.34. The molecule has 2 N–H and O–H groups in total. The molecule has 1 aliphatic carbocycles. The molecule has 174 valence electrons. The number of rotatable bonds is 6. The Balaban J connectivity index is 1.28. The first-order valence-corrected chi connectivity index (χ1v) is 11.8. The number of nitrogens with one attached hydrogen (secondary N) is 2. The second-order valence-electron chi connectivity index (χ2n) is 8.89. The van der Waals surface area contributed by atoms with Gasteiger partial charge in [-0.25, -0.2) is 9.24 Å². The number of H-pyrrole nitrogens is 1. The summed E-state index contributed by atoms with van der Waals surface area (Å²) in [6, 6.07) is 14.2. The summed E-state index contributed by atoms with van der Waals surface area (Å²) in [5.41, 5.74) is 2.54. The molecule has 5 rings (SSSR count). The van der Waals surface area contributed by atoms with Crippen LogP contribution in [0.25, 0.3) is 26.7 Å². The number of nitrogens with zero attached hydrogens (tertiary/aromatic N) is 2. The number of carbonyl (C=O) groups is 1. The van der Waals surface area contributed by atoms with Gasteiger partial charge in [0.15, 0.2) is 0 Å². The van der Waals surface area contributed by atoms with Crippen molar-refractivity contribution in [3.8, 4) is 0 Å². The van der Waals surface area contributed by atoms with Crippen LogP contribution in [0.3, 0.4) is 0 Å². The minimum Gasteiger partial charge on any atom is -0.472 e. The van der Waals surface area contributed by atoms with Gasteiger partial charge in [-0.15, -0.1) is 0 Å². The minimum absolute atomic E-state index is 0.0580. The number of fused-ring (bicyclic) bond motifs is 2. The van der Waals surface area contributed by atoms with Gasteiger partial charge in [0.1, 0.15) is 22.9 Å². The second-order valence-corrected chi connectivity index (χ2v) is 8.89. The first-order valence-electron chi connectivity index (χ1n) is 11.8. The van der Waals surface area contributed by atoms with Crippen molar-refractivity contribution < 1.29 is 13.6 Å².